The van der Waals surface area contributed by atoms with Crippen LogP contribution in [0.4, 0.5) is 0 Å². The number of isocyanates is 1. The number of sulfone groups is 1. The molecule has 0 unspecified atom stereocenters. The molecule has 0 saturated carbocycles. The summed E-state index contributed by atoms with van der Waals surface area (Å²) in [5.41, 5.74) is 0. The molecule has 17 heavy (non-hydrogen) atoms. The second-order valence-electron chi connectivity index (χ2n) is 3.94. The van der Waals surface area contributed by atoms with Crippen LogP contribution in [0, 0.1) is 0 Å². The molecule has 0 aliphatic heterocycles. The van der Waals surface area contributed by atoms with Gasteiger partial charge in [-0.05, 0) is 20.3 Å². The van der Waals surface area contributed by atoms with Gasteiger partial charge in [-0.1, -0.05) is 17.7 Å². The van der Waals surface area contributed by atoms with E-state index in [1.807, 2.05) is 11.6 Å². The summed E-state index contributed by atoms with van der Waals surface area (Å²) in [5, 5.41) is 0. The molecule has 7 nitrogen and oxygen atoms in total. The summed E-state index contributed by atoms with van der Waals surface area (Å²) < 4.78 is 50.3. The largest absolute Gasteiger partial charge is 0.331 e. The van der Waals surface area contributed by atoms with Gasteiger partial charge >= 0.3 is 10.2 Å². The van der Waals surface area contributed by atoms with Crippen LogP contribution in [0.5, 0.6) is 0 Å². The standard InChI is InChI=1S/C8H16N2O5S2/c1-4-5-6-16(12,13)8(2,3)10-17(14,15)9-7-11/h10H,4-6H2,1-3H3. The van der Waals surface area contributed by atoms with Crippen LogP contribution in [0.2, 0.25) is 0 Å². The zero-order valence-electron chi connectivity index (χ0n) is 9.93. The van der Waals surface area contributed by atoms with Crippen molar-refractivity contribution in [3.63, 3.8) is 0 Å². The first-order valence-electron chi connectivity index (χ1n) is 4.93. The lowest BCUT2D eigenvalue weighted by molar-refractivity contribution is 0.513. The normalized spacial score (nSPS) is 13.1. The minimum Gasteiger partial charge on any atom is -0.227 e. The van der Waals surface area contributed by atoms with Crippen LogP contribution in [-0.4, -0.2) is 33.5 Å². The average molecular weight is 284 g/mol. The van der Waals surface area contributed by atoms with Crippen molar-refractivity contribution in [2.24, 2.45) is 4.40 Å². The molecule has 0 bridgehead atoms. The van der Waals surface area contributed by atoms with E-state index in [4.69, 9.17) is 0 Å². The van der Waals surface area contributed by atoms with Gasteiger partial charge in [-0.15, -0.1) is 0 Å². The number of nitrogens with zero attached hydrogens (tertiary/aromatic N) is 1. The highest BCUT2D eigenvalue weighted by molar-refractivity contribution is 7.94. The van der Waals surface area contributed by atoms with Crippen molar-refractivity contribution in [3.05, 3.63) is 0 Å². The fourth-order valence-corrected chi connectivity index (χ4v) is 3.80. The summed E-state index contributed by atoms with van der Waals surface area (Å²) in [6.07, 6.45) is 1.96. The van der Waals surface area contributed by atoms with Crippen LogP contribution < -0.4 is 4.72 Å². The first kappa shape index (κ1) is 16.2. The summed E-state index contributed by atoms with van der Waals surface area (Å²) in [6, 6.07) is 0. The molecule has 1 N–H and O–H groups in total. The van der Waals surface area contributed by atoms with Crippen molar-refractivity contribution in [1.82, 2.24) is 4.72 Å². The van der Waals surface area contributed by atoms with Gasteiger partial charge in [-0.2, -0.15) is 13.1 Å². The molecule has 0 amide bonds. The fourth-order valence-electron chi connectivity index (χ4n) is 1.04. The summed E-state index contributed by atoms with van der Waals surface area (Å²) in [7, 11) is -7.98. The van der Waals surface area contributed by atoms with E-state index in [1.54, 1.807) is 0 Å². The van der Waals surface area contributed by atoms with Gasteiger partial charge in [0.05, 0.1) is 5.75 Å². The summed E-state index contributed by atoms with van der Waals surface area (Å²) in [4.78, 5) is 8.16. The molecule has 0 aliphatic rings. The third-order valence-electron chi connectivity index (χ3n) is 2.08. The van der Waals surface area contributed by atoms with E-state index in [2.05, 4.69) is 4.40 Å². The van der Waals surface area contributed by atoms with Crippen LogP contribution in [0.3, 0.4) is 0 Å². The minimum absolute atomic E-state index is 0.135. The molecule has 0 aromatic rings. The Morgan fingerprint density at radius 1 is 1.24 bits per heavy atom. The van der Waals surface area contributed by atoms with E-state index in [0.717, 1.165) is 6.08 Å². The first-order valence-corrected chi connectivity index (χ1v) is 8.02. The van der Waals surface area contributed by atoms with Gasteiger partial charge < -0.3 is 0 Å². The van der Waals surface area contributed by atoms with E-state index in [1.165, 1.54) is 13.8 Å². The number of rotatable bonds is 7. The third kappa shape index (κ3) is 4.95. The lowest BCUT2D eigenvalue weighted by atomic mass is 10.4. The highest BCUT2D eigenvalue weighted by atomic mass is 32.2. The van der Waals surface area contributed by atoms with E-state index in [-0.39, 0.29) is 5.75 Å². The van der Waals surface area contributed by atoms with Gasteiger partial charge in [0, 0.05) is 0 Å². The minimum atomic E-state index is -4.33. The fraction of sp³-hybridized carbons (Fsp3) is 0.875. The average Bonchev–Trinajstić information content (AvgIpc) is 2.12. The molecule has 100 valence electrons. The Morgan fingerprint density at radius 3 is 2.18 bits per heavy atom. The molecule has 0 atom stereocenters. The van der Waals surface area contributed by atoms with Crippen molar-refractivity contribution in [2.45, 2.75) is 38.5 Å². The number of unbranched alkanes of at least 4 members (excludes halogenated alkanes) is 1. The lowest BCUT2D eigenvalue weighted by Gasteiger charge is -2.24. The van der Waals surface area contributed by atoms with E-state index in [0.29, 0.717) is 12.8 Å². The monoisotopic (exact) mass is 284 g/mol. The van der Waals surface area contributed by atoms with E-state index < -0.39 is 24.9 Å². The number of carbonyl (C=O) groups excluding carboxylic acids is 1. The molecule has 0 rings (SSSR count). The lowest BCUT2D eigenvalue weighted by Crippen LogP contribution is -2.49. The van der Waals surface area contributed by atoms with Crippen LogP contribution in [0.1, 0.15) is 33.6 Å². The second kappa shape index (κ2) is 5.72. The van der Waals surface area contributed by atoms with Crippen molar-refractivity contribution in [2.75, 3.05) is 5.75 Å². The van der Waals surface area contributed by atoms with Crippen molar-refractivity contribution in [3.8, 4) is 0 Å². The smallest absolute Gasteiger partial charge is 0.227 e. The molecule has 0 spiro atoms. The second-order valence-corrected chi connectivity index (χ2v) is 7.94. The molecule has 0 fully saturated rings. The highest BCUT2D eigenvalue weighted by Crippen LogP contribution is 2.17. The Morgan fingerprint density at radius 2 is 1.76 bits per heavy atom. The van der Waals surface area contributed by atoms with E-state index >= 15 is 0 Å². The third-order valence-corrected chi connectivity index (χ3v) is 5.77. The zero-order chi connectivity index (χ0) is 13.7. The SMILES string of the molecule is CCCCS(=O)(=O)C(C)(C)NS(=O)(=O)N=C=O. The predicted octanol–water partition coefficient (Wildman–Crippen LogP) is 0.108. The summed E-state index contributed by atoms with van der Waals surface area (Å²) in [6.45, 7) is 4.23. The van der Waals surface area contributed by atoms with Gasteiger partial charge in [0.25, 0.3) is 6.08 Å². The van der Waals surface area contributed by atoms with Gasteiger partial charge in [0.15, 0.2) is 9.84 Å². The van der Waals surface area contributed by atoms with E-state index in [9.17, 15) is 21.6 Å². The Labute approximate surface area is 101 Å². The van der Waals surface area contributed by atoms with Crippen LogP contribution in [0.25, 0.3) is 0 Å². The molecular weight excluding hydrogens is 268 g/mol. The number of hydrogen-bond donors (Lipinski definition) is 1. The van der Waals surface area contributed by atoms with Crippen molar-refractivity contribution >= 4 is 26.1 Å². The van der Waals surface area contributed by atoms with Crippen LogP contribution in [0.15, 0.2) is 4.40 Å². The quantitative estimate of drug-likeness (QED) is 0.527. The maximum Gasteiger partial charge on any atom is 0.331 e. The maximum absolute atomic E-state index is 11.8. The summed E-state index contributed by atoms with van der Waals surface area (Å²) in [5.74, 6) is -0.135. The molecule has 0 aliphatic carbocycles. The molecule has 0 heterocycles. The van der Waals surface area contributed by atoms with Gasteiger partial charge in [0.2, 0.25) is 0 Å². The molecule has 0 radical (unpaired) electrons. The van der Waals surface area contributed by atoms with Crippen molar-refractivity contribution in [1.29, 1.82) is 0 Å². The highest BCUT2D eigenvalue weighted by Gasteiger charge is 2.37. The Kier molecular flexibility index (Phi) is 5.47. The predicted molar refractivity (Wildman–Crippen MR) is 63.0 cm³/mol. The van der Waals surface area contributed by atoms with Gasteiger partial charge in [-0.25, -0.2) is 13.2 Å². The Bertz CT molecular complexity index is 500. The number of nitrogens with one attached hydrogen (secondary N) is 1. The van der Waals surface area contributed by atoms with Crippen molar-refractivity contribution < 1.29 is 21.6 Å². The molecule has 0 saturated heterocycles. The Hall–Kier alpha value is -0.760. The molecular formula is C8H16N2O5S2. The zero-order valence-corrected chi connectivity index (χ0v) is 11.6. The number of hydrogen-bond acceptors (Lipinski definition) is 5. The maximum atomic E-state index is 11.8. The van der Waals surface area contributed by atoms with Crippen LogP contribution in [-0.2, 0) is 24.8 Å². The molecule has 9 heteroatoms. The Balaban J connectivity index is 5.10. The van der Waals surface area contributed by atoms with Crippen LogP contribution >= 0.6 is 0 Å². The molecule has 0 aromatic heterocycles. The van der Waals surface area contributed by atoms with Gasteiger partial charge in [0.1, 0.15) is 4.87 Å². The summed E-state index contributed by atoms with van der Waals surface area (Å²) >= 11 is 0. The molecule has 0 aromatic carbocycles. The topological polar surface area (TPSA) is 110 Å². The van der Waals surface area contributed by atoms with Gasteiger partial charge in [-0.3, -0.25) is 0 Å². The first-order chi connectivity index (χ1) is 7.58.